The number of likely N-dealkylation sites (tertiary alicyclic amines) is 1. The molecule has 216 valence electrons. The number of nitrogens with zero attached hydrogens (tertiary/aromatic N) is 1. The molecule has 1 saturated heterocycles. The Hall–Kier alpha value is -3.48. The van der Waals surface area contributed by atoms with Crippen LogP contribution in [-0.4, -0.2) is 93.4 Å². The summed E-state index contributed by atoms with van der Waals surface area (Å²) in [5, 5.41) is 35.5. The molecule has 1 amide bonds. The maximum Gasteiger partial charge on any atom is 0.340 e. The number of hydrogen-bond acceptors (Lipinski definition) is 11. The van der Waals surface area contributed by atoms with Crippen molar-refractivity contribution in [2.75, 3.05) is 13.6 Å². The quantitative estimate of drug-likeness (QED) is 0.316. The number of likely N-dealkylation sites (N-methyl/N-ethyl adjacent to an activating group) is 1. The van der Waals surface area contributed by atoms with Gasteiger partial charge in [0.1, 0.15) is 5.76 Å². The van der Waals surface area contributed by atoms with E-state index >= 15 is 0 Å². The van der Waals surface area contributed by atoms with E-state index in [1.54, 1.807) is 12.1 Å². The van der Waals surface area contributed by atoms with Crippen LogP contribution in [-0.2, 0) is 40.5 Å². The number of amides is 1. The monoisotopic (exact) mass is 558 g/mol. The van der Waals surface area contributed by atoms with Gasteiger partial charge in [-0.3, -0.25) is 14.4 Å². The Bertz CT molecular complexity index is 1310. The average Bonchev–Trinajstić information content (AvgIpc) is 3.25. The Morgan fingerprint density at radius 1 is 1.25 bits per heavy atom. The molecular formula is C28H34N2O10. The zero-order valence-corrected chi connectivity index (χ0v) is 22.8. The fourth-order valence-corrected chi connectivity index (χ4v) is 6.59. The summed E-state index contributed by atoms with van der Waals surface area (Å²) in [6.45, 7) is 4.74. The van der Waals surface area contributed by atoms with Crippen molar-refractivity contribution in [1.29, 1.82) is 0 Å². The molecule has 7 atom stereocenters. The number of aromatic hydroxyl groups is 1. The van der Waals surface area contributed by atoms with Gasteiger partial charge in [-0.1, -0.05) is 6.07 Å². The highest BCUT2D eigenvalue weighted by molar-refractivity contribution is 5.90. The third kappa shape index (κ3) is 4.16. The van der Waals surface area contributed by atoms with E-state index in [0.717, 1.165) is 11.1 Å². The summed E-state index contributed by atoms with van der Waals surface area (Å²) in [5.74, 6) is -2.86. The number of piperidine rings is 1. The van der Waals surface area contributed by atoms with Crippen LogP contribution in [0.5, 0.6) is 11.5 Å². The minimum atomic E-state index is -1.90. The Morgan fingerprint density at radius 3 is 2.67 bits per heavy atom. The molecule has 1 spiro atoms. The van der Waals surface area contributed by atoms with Gasteiger partial charge in [-0.15, -0.1) is 0 Å². The van der Waals surface area contributed by atoms with Crippen LogP contribution in [0.3, 0.4) is 0 Å². The molecular weight excluding hydrogens is 524 g/mol. The van der Waals surface area contributed by atoms with Gasteiger partial charge in [-0.2, -0.15) is 0 Å². The van der Waals surface area contributed by atoms with Crippen LogP contribution in [0, 0.1) is 0 Å². The number of aliphatic hydroxyl groups excluding tert-OH is 1. The number of phenolic OH excluding ortho intramolecular Hbond substituents is 1. The average molecular weight is 559 g/mol. The molecule has 40 heavy (non-hydrogen) atoms. The maximum absolute atomic E-state index is 12.9. The predicted octanol–water partition coefficient (Wildman–Crippen LogP) is -0.0105. The standard InChI is InChI=1S/C28H34N2O10/c1-13(14(2)31)29-25(35)15(3)38-21(34)12-18(33)26(36)39-19-7-8-28(37)20-11-16-5-6-17(32)23-22(16)27(28,24(19)40-23)9-10-30(20)4/h5-7,13,15,18,20,24,32-33,37H,8-12H2,1-4H3,(H,29,35)/t13-,15-,18-,20+,24-,27-,28+/m0/s1. The second-order valence-electron chi connectivity index (χ2n) is 11.2. The molecule has 4 aliphatic rings. The number of ketones is 1. The zero-order valence-electron chi connectivity index (χ0n) is 22.8. The topological polar surface area (TPSA) is 172 Å². The largest absolute Gasteiger partial charge is 0.504 e. The summed E-state index contributed by atoms with van der Waals surface area (Å²) < 4.78 is 16.8. The van der Waals surface area contributed by atoms with E-state index in [-0.39, 0.29) is 35.5 Å². The molecule has 2 aliphatic carbocycles. The first-order chi connectivity index (χ1) is 18.8. The summed E-state index contributed by atoms with van der Waals surface area (Å²) in [6.07, 6.45) is -2.09. The molecule has 0 unspecified atom stereocenters. The molecule has 12 heteroatoms. The molecule has 1 fully saturated rings. The van der Waals surface area contributed by atoms with Gasteiger partial charge in [0.05, 0.1) is 23.5 Å². The normalized spacial score (nSPS) is 30.1. The number of rotatable bonds is 8. The van der Waals surface area contributed by atoms with Gasteiger partial charge in [0.25, 0.3) is 5.91 Å². The third-order valence-electron chi connectivity index (χ3n) is 8.85. The molecule has 4 N–H and O–H groups in total. The molecule has 0 aromatic heterocycles. The van der Waals surface area contributed by atoms with Crippen molar-refractivity contribution < 1.29 is 48.7 Å². The summed E-state index contributed by atoms with van der Waals surface area (Å²) >= 11 is 0. The van der Waals surface area contributed by atoms with Gasteiger partial charge >= 0.3 is 11.9 Å². The lowest BCUT2D eigenvalue weighted by Crippen LogP contribution is -2.74. The molecule has 0 radical (unpaired) electrons. The van der Waals surface area contributed by atoms with Crippen molar-refractivity contribution in [1.82, 2.24) is 10.2 Å². The first-order valence-corrected chi connectivity index (χ1v) is 13.3. The number of carbonyl (C=O) groups excluding carboxylic acids is 4. The third-order valence-corrected chi connectivity index (χ3v) is 8.85. The molecule has 2 heterocycles. The van der Waals surface area contributed by atoms with Gasteiger partial charge < -0.3 is 39.7 Å². The minimum absolute atomic E-state index is 0.0773. The first-order valence-electron chi connectivity index (χ1n) is 13.3. The fourth-order valence-electron chi connectivity index (χ4n) is 6.59. The van der Waals surface area contributed by atoms with Crippen LogP contribution in [0.15, 0.2) is 24.0 Å². The molecule has 1 aromatic rings. The second-order valence-corrected chi connectivity index (χ2v) is 11.2. The van der Waals surface area contributed by atoms with Crippen LogP contribution in [0.1, 0.15) is 51.2 Å². The number of aliphatic hydroxyl groups is 2. The molecule has 2 bridgehead atoms. The lowest BCUT2D eigenvalue weighted by Gasteiger charge is -2.61. The molecule has 12 nitrogen and oxygen atoms in total. The highest BCUT2D eigenvalue weighted by atomic mass is 16.6. The Morgan fingerprint density at radius 2 is 1.98 bits per heavy atom. The number of benzene rings is 1. The van der Waals surface area contributed by atoms with Gasteiger partial charge in [0, 0.05) is 18.0 Å². The van der Waals surface area contributed by atoms with Crippen molar-refractivity contribution in [3.63, 3.8) is 0 Å². The Balaban J connectivity index is 1.30. The van der Waals surface area contributed by atoms with Crippen LogP contribution >= 0.6 is 0 Å². The van der Waals surface area contributed by atoms with E-state index in [9.17, 15) is 34.5 Å². The number of phenols is 1. The zero-order chi connectivity index (χ0) is 29.1. The van der Waals surface area contributed by atoms with Gasteiger partial charge in [0.2, 0.25) is 0 Å². The van der Waals surface area contributed by atoms with E-state index in [1.165, 1.54) is 20.8 Å². The van der Waals surface area contributed by atoms with Crippen molar-refractivity contribution >= 4 is 23.6 Å². The second kappa shape index (κ2) is 9.86. The molecule has 1 aromatic carbocycles. The first kappa shape index (κ1) is 28.1. The van der Waals surface area contributed by atoms with Gasteiger partial charge in [-0.05, 0) is 64.9 Å². The highest BCUT2D eigenvalue weighted by Gasteiger charge is 2.72. The van der Waals surface area contributed by atoms with Crippen molar-refractivity contribution in [3.05, 3.63) is 35.1 Å². The van der Waals surface area contributed by atoms with E-state index < -0.39 is 59.6 Å². The van der Waals surface area contributed by atoms with Gasteiger partial charge in [0.15, 0.2) is 35.6 Å². The lowest BCUT2D eigenvalue weighted by atomic mass is 9.50. The van der Waals surface area contributed by atoms with Crippen molar-refractivity contribution in [2.45, 2.75) is 87.9 Å². The van der Waals surface area contributed by atoms with Crippen LogP contribution in [0.25, 0.3) is 0 Å². The number of nitrogens with one attached hydrogen (secondary N) is 1. The fraction of sp³-hybridized carbons (Fsp3) is 0.571. The number of esters is 2. The number of ether oxygens (including phenoxy) is 3. The lowest BCUT2D eigenvalue weighted by molar-refractivity contribution is -0.173. The van der Waals surface area contributed by atoms with Crippen molar-refractivity contribution in [2.24, 2.45) is 0 Å². The van der Waals surface area contributed by atoms with Gasteiger partial charge in [-0.25, -0.2) is 4.79 Å². The van der Waals surface area contributed by atoms with E-state index in [0.29, 0.717) is 19.4 Å². The minimum Gasteiger partial charge on any atom is -0.504 e. The molecule has 0 saturated carbocycles. The maximum atomic E-state index is 12.9. The highest BCUT2D eigenvalue weighted by Crippen LogP contribution is 2.65. The summed E-state index contributed by atoms with van der Waals surface area (Å²) in [6, 6.07) is 2.40. The Labute approximate surface area is 230 Å². The van der Waals surface area contributed by atoms with Crippen LogP contribution in [0.2, 0.25) is 0 Å². The smallest absolute Gasteiger partial charge is 0.340 e. The van der Waals surface area contributed by atoms with Crippen LogP contribution < -0.4 is 10.1 Å². The number of hydrogen-bond donors (Lipinski definition) is 4. The van der Waals surface area contributed by atoms with Crippen LogP contribution in [0.4, 0.5) is 0 Å². The van der Waals surface area contributed by atoms with Crippen molar-refractivity contribution in [3.8, 4) is 11.5 Å². The molecule has 2 aliphatic heterocycles. The number of carbonyl (C=O) groups is 4. The summed E-state index contributed by atoms with van der Waals surface area (Å²) in [5.41, 5.74) is -0.546. The summed E-state index contributed by atoms with van der Waals surface area (Å²) in [4.78, 5) is 50.8. The predicted molar refractivity (Wildman–Crippen MR) is 137 cm³/mol. The van der Waals surface area contributed by atoms with E-state index in [4.69, 9.17) is 14.2 Å². The SMILES string of the molecule is CC(=O)[C@H](C)NC(=O)[C@H](C)OC(=O)C[C@H](O)C(=O)OC1=CC[C@@]2(O)[C@H]3Cc4ccc(O)c5c4[C@@]2(CCN3C)[C@H]1O5. The number of Topliss-reactive ketones (excluding diaryl/α,β-unsaturated/α-hetero) is 1. The summed E-state index contributed by atoms with van der Waals surface area (Å²) in [7, 11) is 1.95. The van der Waals surface area contributed by atoms with E-state index in [2.05, 4.69) is 10.2 Å². The Kier molecular flexibility index (Phi) is 6.92. The van der Waals surface area contributed by atoms with E-state index in [1.807, 2.05) is 13.1 Å². The molecule has 5 rings (SSSR count).